The van der Waals surface area contributed by atoms with Crippen molar-refractivity contribution < 1.29 is 8.78 Å². The van der Waals surface area contributed by atoms with Gasteiger partial charge in [-0.2, -0.15) is 5.26 Å². The van der Waals surface area contributed by atoms with E-state index in [2.05, 4.69) is 15.6 Å². The van der Waals surface area contributed by atoms with E-state index in [1.807, 2.05) is 24.3 Å². The Bertz CT molecular complexity index is 1370. The van der Waals surface area contributed by atoms with Gasteiger partial charge in [0.05, 0.1) is 16.8 Å². The van der Waals surface area contributed by atoms with Crippen molar-refractivity contribution in [1.29, 1.82) is 5.26 Å². The van der Waals surface area contributed by atoms with E-state index in [0.717, 1.165) is 26.1 Å². The molecule has 0 aliphatic carbocycles. The molecule has 33 heavy (non-hydrogen) atoms. The van der Waals surface area contributed by atoms with Gasteiger partial charge in [-0.05, 0) is 61.3 Å². The molecule has 0 bridgehead atoms. The second-order valence-electron chi connectivity index (χ2n) is 8.15. The Morgan fingerprint density at radius 3 is 2.61 bits per heavy atom. The monoisotopic (exact) mass is 441 g/mol. The molecule has 1 atom stereocenters. The minimum Gasteiger partial charge on any atom is -0.354 e. The number of halogens is 2. The van der Waals surface area contributed by atoms with Gasteiger partial charge in [0.2, 0.25) is 5.95 Å². The second-order valence-corrected chi connectivity index (χ2v) is 8.15. The summed E-state index contributed by atoms with van der Waals surface area (Å²) in [7, 11) is 0. The number of fused-ring (bicyclic) bond motifs is 1. The highest BCUT2D eigenvalue weighted by Crippen LogP contribution is 2.33. The van der Waals surface area contributed by atoms with Crippen LogP contribution in [-0.2, 0) is 0 Å². The fraction of sp³-hybridized carbons (Fsp3) is 0.192. The van der Waals surface area contributed by atoms with Crippen LogP contribution in [0.15, 0.2) is 60.7 Å². The average molecular weight is 441 g/mol. The van der Waals surface area contributed by atoms with Gasteiger partial charge in [0.15, 0.2) is 0 Å². The van der Waals surface area contributed by atoms with Crippen molar-refractivity contribution >= 4 is 16.9 Å². The van der Waals surface area contributed by atoms with Crippen LogP contribution < -0.4 is 10.6 Å². The molecule has 7 heteroatoms. The van der Waals surface area contributed by atoms with Crippen LogP contribution >= 0.6 is 0 Å². The van der Waals surface area contributed by atoms with Crippen LogP contribution in [0.2, 0.25) is 0 Å². The molecule has 1 aliphatic heterocycles. The van der Waals surface area contributed by atoms with Gasteiger partial charge in [-0.1, -0.05) is 30.3 Å². The van der Waals surface area contributed by atoms with Gasteiger partial charge >= 0.3 is 0 Å². The molecule has 2 N–H and O–H groups in total. The molecule has 0 amide bonds. The molecule has 3 aromatic carbocycles. The lowest BCUT2D eigenvalue weighted by molar-refractivity contribution is 0.613. The van der Waals surface area contributed by atoms with Crippen molar-refractivity contribution in [3.63, 3.8) is 0 Å². The zero-order valence-electron chi connectivity index (χ0n) is 17.8. The van der Waals surface area contributed by atoms with Crippen LogP contribution in [0.5, 0.6) is 0 Å². The van der Waals surface area contributed by atoms with Gasteiger partial charge in [0.25, 0.3) is 0 Å². The van der Waals surface area contributed by atoms with Crippen LogP contribution in [-0.4, -0.2) is 29.6 Å². The van der Waals surface area contributed by atoms with E-state index < -0.39 is 5.82 Å². The Morgan fingerprint density at radius 1 is 1.00 bits per heavy atom. The van der Waals surface area contributed by atoms with Gasteiger partial charge in [0, 0.05) is 23.1 Å². The van der Waals surface area contributed by atoms with Crippen molar-refractivity contribution in [2.75, 3.05) is 25.0 Å². The molecule has 0 saturated carbocycles. The predicted octanol–water partition coefficient (Wildman–Crippen LogP) is 5.14. The van der Waals surface area contributed by atoms with E-state index in [1.165, 1.54) is 18.2 Å². The summed E-state index contributed by atoms with van der Waals surface area (Å²) in [6.07, 6.45) is 1.08. The van der Waals surface area contributed by atoms with Crippen molar-refractivity contribution in [3.8, 4) is 28.5 Å². The lowest BCUT2D eigenvalue weighted by Gasteiger charge is -2.14. The number of nitrogens with zero attached hydrogens (tertiary/aromatic N) is 3. The number of rotatable bonds is 5. The summed E-state index contributed by atoms with van der Waals surface area (Å²) in [5.41, 5.74) is 2.82. The molecule has 2 heterocycles. The van der Waals surface area contributed by atoms with Crippen molar-refractivity contribution in [3.05, 3.63) is 77.9 Å². The van der Waals surface area contributed by atoms with E-state index in [1.54, 1.807) is 24.3 Å². The molecule has 5 nitrogen and oxygen atoms in total. The quantitative estimate of drug-likeness (QED) is 0.449. The molecule has 1 aromatic heterocycles. The maximum Gasteiger partial charge on any atom is 0.223 e. The first-order valence-electron chi connectivity index (χ1n) is 10.8. The van der Waals surface area contributed by atoms with Crippen LogP contribution in [0.1, 0.15) is 12.0 Å². The number of nitriles is 1. The maximum absolute atomic E-state index is 14.4. The summed E-state index contributed by atoms with van der Waals surface area (Å²) < 4.78 is 28.9. The largest absolute Gasteiger partial charge is 0.354 e. The van der Waals surface area contributed by atoms with Gasteiger partial charge < -0.3 is 10.6 Å². The highest BCUT2D eigenvalue weighted by molar-refractivity contribution is 5.96. The third-order valence-electron chi connectivity index (χ3n) is 5.95. The van der Waals surface area contributed by atoms with E-state index in [9.17, 15) is 8.78 Å². The Labute approximate surface area is 190 Å². The number of aromatic nitrogens is 2. The topological polar surface area (TPSA) is 73.6 Å². The molecule has 5 rings (SSSR count). The van der Waals surface area contributed by atoms with Crippen molar-refractivity contribution in [1.82, 2.24) is 15.3 Å². The van der Waals surface area contributed by atoms with Crippen LogP contribution in [0, 0.1) is 28.9 Å². The van der Waals surface area contributed by atoms with Crippen LogP contribution in [0.3, 0.4) is 0 Å². The normalized spacial score (nSPS) is 15.5. The second kappa shape index (κ2) is 8.93. The summed E-state index contributed by atoms with van der Waals surface area (Å²) in [6, 6.07) is 18.3. The van der Waals surface area contributed by atoms with Gasteiger partial charge in [-0.25, -0.2) is 18.7 Å². The molecule has 164 valence electrons. The van der Waals surface area contributed by atoms with E-state index in [4.69, 9.17) is 10.2 Å². The molecule has 0 radical (unpaired) electrons. The lowest BCUT2D eigenvalue weighted by Crippen LogP contribution is -2.18. The Morgan fingerprint density at radius 2 is 1.85 bits per heavy atom. The number of hydrogen-bond donors (Lipinski definition) is 2. The van der Waals surface area contributed by atoms with E-state index in [0.29, 0.717) is 45.2 Å². The molecule has 0 spiro atoms. The molecule has 4 aromatic rings. The summed E-state index contributed by atoms with van der Waals surface area (Å²) in [6.45, 7) is 2.67. The summed E-state index contributed by atoms with van der Waals surface area (Å²) >= 11 is 0. The van der Waals surface area contributed by atoms with E-state index in [-0.39, 0.29) is 11.4 Å². The standard InChI is InChI=1S/C26H21F2N5/c27-22-4-2-1-3-20(22)17-7-8-24-21(11-17)25(18-5-6-19(13-29)23(28)12-18)33-26(32-24)31-15-16-9-10-30-14-16/h1-8,11-12,16,30H,9-10,14-15H2,(H,31,32,33)/t16-/m0/s1. The summed E-state index contributed by atoms with van der Waals surface area (Å²) in [4.78, 5) is 9.35. The third kappa shape index (κ3) is 4.26. The number of hydrogen-bond acceptors (Lipinski definition) is 5. The SMILES string of the molecule is N#Cc1ccc(-c2nc(NC[C@H]3CCNC3)nc3ccc(-c4ccccc4F)cc23)cc1F. The van der Waals surface area contributed by atoms with Gasteiger partial charge in [-0.3, -0.25) is 0 Å². The number of benzene rings is 3. The average Bonchev–Trinajstić information content (AvgIpc) is 3.36. The molecule has 1 aliphatic rings. The summed E-state index contributed by atoms with van der Waals surface area (Å²) in [5, 5.41) is 16.4. The lowest BCUT2D eigenvalue weighted by atomic mass is 9.99. The molecular formula is C26H21F2N5. The Hall–Kier alpha value is -3.89. The predicted molar refractivity (Wildman–Crippen MR) is 125 cm³/mol. The van der Waals surface area contributed by atoms with Crippen molar-refractivity contribution in [2.45, 2.75) is 6.42 Å². The first kappa shape index (κ1) is 21.0. The fourth-order valence-electron chi connectivity index (χ4n) is 4.17. The van der Waals surface area contributed by atoms with Crippen LogP contribution in [0.25, 0.3) is 33.3 Å². The molecule has 1 saturated heterocycles. The summed E-state index contributed by atoms with van der Waals surface area (Å²) in [5.74, 6) is 0.00194. The minimum absolute atomic E-state index is 0.0313. The third-order valence-corrected chi connectivity index (χ3v) is 5.95. The zero-order valence-corrected chi connectivity index (χ0v) is 17.8. The first-order valence-corrected chi connectivity index (χ1v) is 10.8. The Kier molecular flexibility index (Phi) is 5.68. The molecule has 1 fully saturated rings. The molecular weight excluding hydrogens is 420 g/mol. The number of anilines is 1. The smallest absolute Gasteiger partial charge is 0.223 e. The molecule has 0 unspecified atom stereocenters. The number of nitrogens with one attached hydrogen (secondary N) is 2. The van der Waals surface area contributed by atoms with Crippen LogP contribution in [0.4, 0.5) is 14.7 Å². The fourth-order valence-corrected chi connectivity index (χ4v) is 4.17. The zero-order chi connectivity index (χ0) is 22.8. The van der Waals surface area contributed by atoms with E-state index >= 15 is 0 Å². The first-order chi connectivity index (χ1) is 16.1. The van der Waals surface area contributed by atoms with Gasteiger partial charge in [0.1, 0.15) is 17.7 Å². The highest BCUT2D eigenvalue weighted by atomic mass is 19.1. The van der Waals surface area contributed by atoms with Gasteiger partial charge in [-0.15, -0.1) is 0 Å². The minimum atomic E-state index is -0.612. The van der Waals surface area contributed by atoms with Crippen molar-refractivity contribution in [2.24, 2.45) is 5.92 Å². The highest BCUT2D eigenvalue weighted by Gasteiger charge is 2.17. The maximum atomic E-state index is 14.4. The Balaban J connectivity index is 1.63.